The van der Waals surface area contributed by atoms with E-state index in [1.54, 1.807) is 18.3 Å². The number of carbonyl (C=O) groups excluding carboxylic acids is 2. The Balaban J connectivity index is 1.46. The maximum Gasteiger partial charge on any atom is 0.257 e. The van der Waals surface area contributed by atoms with Gasteiger partial charge in [-0.25, -0.2) is 0 Å². The smallest absolute Gasteiger partial charge is 0.257 e. The number of fused-ring (bicyclic) bond motifs is 2. The van der Waals surface area contributed by atoms with Crippen molar-refractivity contribution in [2.45, 2.75) is 39.2 Å². The standard InChI is InChI=1S/C26H27N3O4S/c1-2-29(16-18-7-5-10-20-23(18)33-14-13-32-20)26(31)22-19-9-3-4-11-21(19)34-25(22)28-24(30)17-8-6-12-27-15-17/h5-8,10,12,15H,2-4,9,11,13-14,16H2,1H3,(H,28,30). The number of hydrogen-bond acceptors (Lipinski definition) is 6. The Morgan fingerprint density at radius 2 is 1.97 bits per heavy atom. The lowest BCUT2D eigenvalue weighted by molar-refractivity contribution is 0.0749. The van der Waals surface area contributed by atoms with Gasteiger partial charge in [0.25, 0.3) is 11.8 Å². The molecule has 0 spiro atoms. The Labute approximate surface area is 202 Å². The molecule has 7 nitrogen and oxygen atoms in total. The number of thiophene rings is 1. The summed E-state index contributed by atoms with van der Waals surface area (Å²) in [5.74, 6) is 1.09. The lowest BCUT2D eigenvalue weighted by Crippen LogP contribution is -2.32. The van der Waals surface area contributed by atoms with Crippen LogP contribution in [0.1, 0.15) is 56.5 Å². The van der Waals surface area contributed by atoms with E-state index in [-0.39, 0.29) is 11.8 Å². The first-order valence-corrected chi connectivity index (χ1v) is 12.5. The molecular weight excluding hydrogens is 450 g/mol. The summed E-state index contributed by atoms with van der Waals surface area (Å²) in [6.45, 7) is 3.92. The number of benzene rings is 1. The van der Waals surface area contributed by atoms with E-state index < -0.39 is 0 Å². The van der Waals surface area contributed by atoms with Gasteiger partial charge in [-0.15, -0.1) is 11.3 Å². The molecule has 0 fully saturated rings. The zero-order chi connectivity index (χ0) is 23.5. The van der Waals surface area contributed by atoms with E-state index in [0.29, 0.717) is 53.9 Å². The van der Waals surface area contributed by atoms with Crippen molar-refractivity contribution in [2.75, 3.05) is 25.1 Å². The maximum atomic E-state index is 13.9. The van der Waals surface area contributed by atoms with E-state index in [0.717, 1.165) is 36.8 Å². The predicted molar refractivity (Wildman–Crippen MR) is 131 cm³/mol. The fourth-order valence-electron chi connectivity index (χ4n) is 4.50. The van der Waals surface area contributed by atoms with Gasteiger partial charge in [-0.05, 0) is 56.4 Å². The molecule has 3 heterocycles. The van der Waals surface area contributed by atoms with Gasteiger partial charge in [-0.1, -0.05) is 12.1 Å². The summed E-state index contributed by atoms with van der Waals surface area (Å²) >= 11 is 1.53. The molecule has 0 atom stereocenters. The molecule has 5 rings (SSSR count). The first-order valence-electron chi connectivity index (χ1n) is 11.7. The van der Waals surface area contributed by atoms with Gasteiger partial charge in [0, 0.05) is 35.9 Å². The summed E-state index contributed by atoms with van der Waals surface area (Å²) in [6.07, 6.45) is 7.10. The summed E-state index contributed by atoms with van der Waals surface area (Å²) in [7, 11) is 0. The number of ether oxygens (including phenoxy) is 2. The molecule has 0 radical (unpaired) electrons. The second-order valence-corrected chi connectivity index (χ2v) is 9.48. The Kier molecular flexibility index (Phi) is 6.49. The molecule has 34 heavy (non-hydrogen) atoms. The first-order chi connectivity index (χ1) is 16.7. The van der Waals surface area contributed by atoms with E-state index in [4.69, 9.17) is 9.47 Å². The monoisotopic (exact) mass is 477 g/mol. The van der Waals surface area contributed by atoms with Gasteiger partial charge in [-0.3, -0.25) is 14.6 Å². The second kappa shape index (κ2) is 9.85. The molecule has 1 N–H and O–H groups in total. The van der Waals surface area contributed by atoms with Crippen molar-refractivity contribution in [1.29, 1.82) is 0 Å². The summed E-state index contributed by atoms with van der Waals surface area (Å²) in [5, 5.41) is 3.63. The van der Waals surface area contributed by atoms with Gasteiger partial charge in [0.05, 0.1) is 11.1 Å². The molecule has 176 valence electrons. The summed E-state index contributed by atoms with van der Waals surface area (Å²) in [6, 6.07) is 9.23. The normalized spacial score (nSPS) is 14.3. The van der Waals surface area contributed by atoms with Crippen LogP contribution >= 0.6 is 11.3 Å². The molecule has 0 unspecified atom stereocenters. The van der Waals surface area contributed by atoms with Gasteiger partial charge in [0.15, 0.2) is 11.5 Å². The number of anilines is 1. The van der Waals surface area contributed by atoms with Crippen molar-refractivity contribution in [2.24, 2.45) is 0 Å². The van der Waals surface area contributed by atoms with Crippen molar-refractivity contribution >= 4 is 28.2 Å². The van der Waals surface area contributed by atoms with Crippen LogP contribution in [0.15, 0.2) is 42.7 Å². The van der Waals surface area contributed by atoms with Crippen molar-refractivity contribution in [3.63, 3.8) is 0 Å². The Morgan fingerprint density at radius 1 is 1.12 bits per heavy atom. The Morgan fingerprint density at radius 3 is 2.79 bits per heavy atom. The van der Waals surface area contributed by atoms with Crippen LogP contribution < -0.4 is 14.8 Å². The topological polar surface area (TPSA) is 80.8 Å². The highest BCUT2D eigenvalue weighted by atomic mass is 32.1. The molecule has 2 amide bonds. The number of aryl methyl sites for hydroxylation is 1. The van der Waals surface area contributed by atoms with Gasteiger partial charge < -0.3 is 19.7 Å². The van der Waals surface area contributed by atoms with Gasteiger partial charge >= 0.3 is 0 Å². The minimum Gasteiger partial charge on any atom is -0.486 e. The lowest BCUT2D eigenvalue weighted by Gasteiger charge is -2.26. The first kappa shape index (κ1) is 22.4. The molecule has 2 aliphatic rings. The molecule has 0 bridgehead atoms. The molecule has 2 aromatic heterocycles. The molecule has 1 aromatic carbocycles. The average Bonchev–Trinajstić information content (AvgIpc) is 3.25. The number of nitrogens with zero attached hydrogens (tertiary/aromatic N) is 2. The summed E-state index contributed by atoms with van der Waals surface area (Å²) in [5.41, 5.74) is 3.08. The van der Waals surface area contributed by atoms with Gasteiger partial charge in [0.1, 0.15) is 18.2 Å². The van der Waals surface area contributed by atoms with Crippen LogP contribution in [0.3, 0.4) is 0 Å². The zero-order valence-electron chi connectivity index (χ0n) is 19.1. The quantitative estimate of drug-likeness (QED) is 0.556. The third-order valence-electron chi connectivity index (χ3n) is 6.21. The molecular formula is C26H27N3O4S. The maximum absolute atomic E-state index is 13.9. The van der Waals surface area contributed by atoms with E-state index in [1.807, 2.05) is 30.0 Å². The highest BCUT2D eigenvalue weighted by Crippen LogP contribution is 2.40. The second-order valence-electron chi connectivity index (χ2n) is 8.37. The number of hydrogen-bond donors (Lipinski definition) is 1. The SMILES string of the molecule is CCN(Cc1cccc2c1OCCO2)C(=O)c1c(NC(=O)c2cccnc2)sc2c1CCCC2. The van der Waals surface area contributed by atoms with Crippen LogP contribution in [0, 0.1) is 0 Å². The van der Waals surface area contributed by atoms with Crippen molar-refractivity contribution in [3.8, 4) is 11.5 Å². The van der Waals surface area contributed by atoms with Crippen molar-refractivity contribution in [1.82, 2.24) is 9.88 Å². The number of aromatic nitrogens is 1. The van der Waals surface area contributed by atoms with Gasteiger partial charge in [-0.2, -0.15) is 0 Å². The van der Waals surface area contributed by atoms with Crippen LogP contribution in [0.2, 0.25) is 0 Å². The highest BCUT2D eigenvalue weighted by molar-refractivity contribution is 7.17. The van der Waals surface area contributed by atoms with E-state index >= 15 is 0 Å². The number of para-hydroxylation sites is 1. The number of carbonyl (C=O) groups is 2. The fourth-order valence-corrected chi connectivity index (χ4v) is 5.78. The lowest BCUT2D eigenvalue weighted by atomic mass is 9.95. The van der Waals surface area contributed by atoms with Crippen molar-refractivity contribution < 1.29 is 19.1 Å². The predicted octanol–water partition coefficient (Wildman–Crippen LogP) is 4.71. The Hall–Kier alpha value is -3.39. The number of amides is 2. The van der Waals surface area contributed by atoms with Crippen LogP contribution in [-0.4, -0.2) is 41.5 Å². The molecule has 1 aliphatic carbocycles. The van der Waals surface area contributed by atoms with Crippen LogP contribution in [0.5, 0.6) is 11.5 Å². The third-order valence-corrected chi connectivity index (χ3v) is 7.42. The molecule has 8 heteroatoms. The Bertz CT molecular complexity index is 1210. The highest BCUT2D eigenvalue weighted by Gasteiger charge is 2.30. The number of pyridine rings is 1. The van der Waals surface area contributed by atoms with Crippen molar-refractivity contribution in [3.05, 3.63) is 69.9 Å². The molecule has 0 saturated carbocycles. The minimum absolute atomic E-state index is 0.0716. The number of rotatable bonds is 6. The summed E-state index contributed by atoms with van der Waals surface area (Å²) in [4.78, 5) is 33.9. The molecule has 3 aromatic rings. The van der Waals surface area contributed by atoms with Crippen LogP contribution in [0.4, 0.5) is 5.00 Å². The zero-order valence-corrected chi connectivity index (χ0v) is 20.0. The fraction of sp³-hybridized carbons (Fsp3) is 0.346. The summed E-state index contributed by atoms with van der Waals surface area (Å²) < 4.78 is 11.6. The van der Waals surface area contributed by atoms with E-state index in [2.05, 4.69) is 10.3 Å². The average molecular weight is 478 g/mol. The number of nitrogens with one attached hydrogen (secondary N) is 1. The minimum atomic E-state index is -0.258. The van der Waals surface area contributed by atoms with Crippen LogP contribution in [-0.2, 0) is 19.4 Å². The van der Waals surface area contributed by atoms with E-state index in [1.165, 1.54) is 22.4 Å². The largest absolute Gasteiger partial charge is 0.486 e. The molecule has 0 saturated heterocycles. The van der Waals surface area contributed by atoms with E-state index in [9.17, 15) is 9.59 Å². The van der Waals surface area contributed by atoms with Gasteiger partial charge in [0.2, 0.25) is 0 Å². The van der Waals surface area contributed by atoms with Crippen LogP contribution in [0.25, 0.3) is 0 Å². The molecule has 1 aliphatic heterocycles. The third kappa shape index (κ3) is 4.37.